The molecule has 0 aromatic carbocycles. The first-order valence-corrected chi connectivity index (χ1v) is 4.33. The Morgan fingerprint density at radius 2 is 2.58 bits per heavy atom. The topological polar surface area (TPSA) is 76.2 Å². The largest absolute Gasteiger partial charge is 0.481 e. The van der Waals surface area contributed by atoms with Crippen LogP contribution in [0.2, 0.25) is 0 Å². The summed E-state index contributed by atoms with van der Waals surface area (Å²) in [5.74, 6) is -0.861. The van der Waals surface area contributed by atoms with Gasteiger partial charge in [-0.1, -0.05) is 0 Å². The van der Waals surface area contributed by atoms with Gasteiger partial charge in [-0.15, -0.1) is 11.3 Å². The second kappa shape index (κ2) is 3.64. The summed E-state index contributed by atoms with van der Waals surface area (Å²) >= 11 is 1.35. The van der Waals surface area contributed by atoms with Crippen LogP contribution >= 0.6 is 11.3 Å². The summed E-state index contributed by atoms with van der Waals surface area (Å²) in [6.07, 6.45) is 1.62. The number of nitrogens with two attached hydrogens (primary N) is 1. The van der Waals surface area contributed by atoms with Crippen LogP contribution < -0.4 is 5.73 Å². The average molecular weight is 186 g/mol. The van der Waals surface area contributed by atoms with Crippen molar-refractivity contribution in [3.05, 3.63) is 16.1 Å². The number of aliphatic carboxylic acids is 1. The molecule has 0 radical (unpaired) electrons. The molecule has 0 amide bonds. The van der Waals surface area contributed by atoms with Gasteiger partial charge in [0.2, 0.25) is 0 Å². The van der Waals surface area contributed by atoms with Crippen molar-refractivity contribution in [2.75, 3.05) is 0 Å². The highest BCUT2D eigenvalue weighted by Crippen LogP contribution is 2.18. The Balaban J connectivity index is 2.70. The molecule has 0 bridgehead atoms. The van der Waals surface area contributed by atoms with Gasteiger partial charge < -0.3 is 10.8 Å². The van der Waals surface area contributed by atoms with Crippen molar-refractivity contribution >= 4 is 17.3 Å². The molecule has 1 aromatic heterocycles. The fraction of sp³-hybridized carbons (Fsp3) is 0.429. The summed E-state index contributed by atoms with van der Waals surface area (Å²) in [5, 5.41) is 9.06. The maximum atomic E-state index is 10.3. The lowest BCUT2D eigenvalue weighted by atomic mass is 10.3. The summed E-state index contributed by atoms with van der Waals surface area (Å²) in [4.78, 5) is 15.1. The van der Waals surface area contributed by atoms with Crippen molar-refractivity contribution < 1.29 is 9.90 Å². The van der Waals surface area contributed by atoms with Gasteiger partial charge in [-0.25, -0.2) is 4.98 Å². The third-order valence-electron chi connectivity index (χ3n) is 1.32. The summed E-state index contributed by atoms with van der Waals surface area (Å²) in [6, 6.07) is -0.0648. The highest BCUT2D eigenvalue weighted by molar-refractivity contribution is 7.11. The second-order valence-corrected chi connectivity index (χ2v) is 3.66. The number of nitrogens with zero attached hydrogens (tertiary/aromatic N) is 1. The third-order valence-corrected chi connectivity index (χ3v) is 2.52. The summed E-state index contributed by atoms with van der Waals surface area (Å²) < 4.78 is 0. The molecule has 3 N–H and O–H groups in total. The molecular formula is C7H10N2O2S. The van der Waals surface area contributed by atoms with Gasteiger partial charge in [0.15, 0.2) is 0 Å². The minimum atomic E-state index is -0.861. The van der Waals surface area contributed by atoms with E-state index < -0.39 is 5.97 Å². The second-order valence-electron chi connectivity index (χ2n) is 2.52. The monoisotopic (exact) mass is 186 g/mol. The minimum Gasteiger partial charge on any atom is -0.481 e. The van der Waals surface area contributed by atoms with Crippen LogP contribution in [0.15, 0.2) is 6.20 Å². The van der Waals surface area contributed by atoms with Gasteiger partial charge in [0.05, 0.1) is 6.42 Å². The molecular weight excluding hydrogens is 176 g/mol. The third kappa shape index (κ3) is 2.28. The van der Waals surface area contributed by atoms with Crippen molar-refractivity contribution in [2.45, 2.75) is 19.4 Å². The SMILES string of the molecule is CC(N)c1cnc(CC(=O)O)s1. The fourth-order valence-corrected chi connectivity index (χ4v) is 1.61. The Morgan fingerprint density at radius 3 is 3.00 bits per heavy atom. The van der Waals surface area contributed by atoms with E-state index in [4.69, 9.17) is 10.8 Å². The average Bonchev–Trinajstić information content (AvgIpc) is 2.34. The lowest BCUT2D eigenvalue weighted by molar-refractivity contribution is -0.136. The standard InChI is InChI=1S/C7H10N2O2S/c1-4(8)5-3-9-6(12-5)2-7(10)11/h3-4H,2,8H2,1H3,(H,10,11). The summed E-state index contributed by atoms with van der Waals surface area (Å²) in [5.41, 5.74) is 5.58. The molecule has 0 aliphatic rings. The zero-order valence-electron chi connectivity index (χ0n) is 6.65. The van der Waals surface area contributed by atoms with Crippen molar-refractivity contribution in [2.24, 2.45) is 5.73 Å². The van der Waals surface area contributed by atoms with E-state index in [1.807, 2.05) is 6.92 Å². The van der Waals surface area contributed by atoms with Crippen LogP contribution in [-0.4, -0.2) is 16.1 Å². The molecule has 66 valence electrons. The van der Waals surface area contributed by atoms with E-state index in [0.29, 0.717) is 5.01 Å². The van der Waals surface area contributed by atoms with Gasteiger partial charge in [-0.05, 0) is 6.92 Å². The van der Waals surface area contributed by atoms with E-state index in [-0.39, 0.29) is 12.5 Å². The molecule has 0 aliphatic heterocycles. The molecule has 1 rings (SSSR count). The maximum absolute atomic E-state index is 10.3. The molecule has 0 aliphatic carbocycles. The molecule has 1 heterocycles. The molecule has 1 atom stereocenters. The van der Waals surface area contributed by atoms with Crippen LogP contribution in [-0.2, 0) is 11.2 Å². The van der Waals surface area contributed by atoms with E-state index in [9.17, 15) is 4.79 Å². The lowest BCUT2D eigenvalue weighted by Gasteiger charge is -1.96. The predicted molar refractivity (Wildman–Crippen MR) is 46.1 cm³/mol. The zero-order chi connectivity index (χ0) is 9.14. The number of carboxylic acids is 1. The van der Waals surface area contributed by atoms with Gasteiger partial charge in [0.25, 0.3) is 0 Å². The van der Waals surface area contributed by atoms with Crippen molar-refractivity contribution in [1.29, 1.82) is 0 Å². The van der Waals surface area contributed by atoms with E-state index in [0.717, 1.165) is 4.88 Å². The number of aromatic nitrogens is 1. The first-order chi connectivity index (χ1) is 5.59. The van der Waals surface area contributed by atoms with Gasteiger partial charge in [0, 0.05) is 17.1 Å². The number of carboxylic acid groups (broad SMARTS) is 1. The molecule has 5 heteroatoms. The molecule has 12 heavy (non-hydrogen) atoms. The number of thiazole rings is 1. The highest BCUT2D eigenvalue weighted by atomic mass is 32.1. The van der Waals surface area contributed by atoms with Gasteiger partial charge in [0.1, 0.15) is 5.01 Å². The quantitative estimate of drug-likeness (QED) is 0.731. The fourth-order valence-electron chi connectivity index (χ4n) is 0.746. The van der Waals surface area contributed by atoms with Gasteiger partial charge >= 0.3 is 5.97 Å². The van der Waals surface area contributed by atoms with Crippen molar-refractivity contribution in [3.63, 3.8) is 0 Å². The van der Waals surface area contributed by atoms with Crippen LogP contribution in [0.4, 0.5) is 0 Å². The smallest absolute Gasteiger partial charge is 0.310 e. The Kier molecular flexibility index (Phi) is 2.78. The van der Waals surface area contributed by atoms with E-state index in [1.165, 1.54) is 11.3 Å². The van der Waals surface area contributed by atoms with Crippen LogP contribution in [0.1, 0.15) is 22.9 Å². The molecule has 4 nitrogen and oxygen atoms in total. The van der Waals surface area contributed by atoms with E-state index in [2.05, 4.69) is 4.98 Å². The lowest BCUT2D eigenvalue weighted by Crippen LogP contribution is -2.01. The molecule has 0 saturated carbocycles. The summed E-state index contributed by atoms with van der Waals surface area (Å²) in [6.45, 7) is 1.85. The Labute approximate surface area is 74.0 Å². The Bertz CT molecular complexity index is 283. The van der Waals surface area contributed by atoms with Crippen LogP contribution in [0.25, 0.3) is 0 Å². The Hall–Kier alpha value is -0.940. The van der Waals surface area contributed by atoms with Crippen LogP contribution in [0, 0.1) is 0 Å². The van der Waals surface area contributed by atoms with E-state index >= 15 is 0 Å². The highest BCUT2D eigenvalue weighted by Gasteiger charge is 2.08. The van der Waals surface area contributed by atoms with Crippen molar-refractivity contribution in [3.8, 4) is 0 Å². The first-order valence-electron chi connectivity index (χ1n) is 3.51. The number of hydrogen-bond acceptors (Lipinski definition) is 4. The first kappa shape index (κ1) is 9.15. The molecule has 1 aromatic rings. The Morgan fingerprint density at radius 1 is 1.92 bits per heavy atom. The predicted octanol–water partition coefficient (Wildman–Crippen LogP) is 0.790. The van der Waals surface area contributed by atoms with Crippen LogP contribution in [0.3, 0.4) is 0 Å². The molecule has 0 fully saturated rings. The van der Waals surface area contributed by atoms with Gasteiger partial charge in [-0.2, -0.15) is 0 Å². The maximum Gasteiger partial charge on any atom is 0.310 e. The normalized spacial score (nSPS) is 12.8. The molecule has 0 saturated heterocycles. The minimum absolute atomic E-state index is 0.0165. The van der Waals surface area contributed by atoms with Gasteiger partial charge in [-0.3, -0.25) is 4.79 Å². The van der Waals surface area contributed by atoms with E-state index in [1.54, 1.807) is 6.20 Å². The summed E-state index contributed by atoms with van der Waals surface area (Å²) in [7, 11) is 0. The molecule has 1 unspecified atom stereocenters. The molecule has 0 spiro atoms. The zero-order valence-corrected chi connectivity index (χ0v) is 7.47. The number of carbonyl (C=O) groups is 1. The van der Waals surface area contributed by atoms with Crippen LogP contribution in [0.5, 0.6) is 0 Å². The number of hydrogen-bond donors (Lipinski definition) is 2. The van der Waals surface area contributed by atoms with Crippen molar-refractivity contribution in [1.82, 2.24) is 4.98 Å². The number of rotatable bonds is 3.